The van der Waals surface area contributed by atoms with E-state index in [1.165, 1.54) is 0 Å². The fourth-order valence-corrected chi connectivity index (χ4v) is 3.15. The second-order valence-electron chi connectivity index (χ2n) is 4.72. The number of nitrogens with zero attached hydrogens (tertiary/aromatic N) is 2. The molecule has 1 aromatic heterocycles. The standard InChI is InChI=1S/C11H18N4OS/c1-7-5-9(15(2)14-7)17-6-11(13,10(12)16)8-3-4-8/h5,8H,3-4,6,13H2,1-2H3,(H2,12,16). The van der Waals surface area contributed by atoms with Crippen LogP contribution in [0.25, 0.3) is 0 Å². The van der Waals surface area contributed by atoms with Crippen molar-refractivity contribution in [2.24, 2.45) is 24.4 Å². The van der Waals surface area contributed by atoms with Gasteiger partial charge in [-0.15, -0.1) is 11.8 Å². The Hall–Kier alpha value is -1.01. The fraction of sp³-hybridized carbons (Fsp3) is 0.636. The highest BCUT2D eigenvalue weighted by atomic mass is 32.2. The lowest BCUT2D eigenvalue weighted by Gasteiger charge is -2.25. The molecule has 5 nitrogen and oxygen atoms in total. The number of carbonyl (C=O) groups excluding carboxylic acids is 1. The number of aryl methyl sites for hydroxylation is 2. The van der Waals surface area contributed by atoms with Gasteiger partial charge in [0.25, 0.3) is 0 Å². The smallest absolute Gasteiger partial charge is 0.238 e. The predicted molar refractivity (Wildman–Crippen MR) is 67.5 cm³/mol. The van der Waals surface area contributed by atoms with Crippen molar-refractivity contribution in [1.29, 1.82) is 0 Å². The summed E-state index contributed by atoms with van der Waals surface area (Å²) in [6, 6.07) is 1.99. The van der Waals surface area contributed by atoms with Crippen LogP contribution in [-0.2, 0) is 11.8 Å². The third-order valence-corrected chi connectivity index (χ3v) is 4.48. The van der Waals surface area contributed by atoms with Crippen molar-refractivity contribution in [3.63, 3.8) is 0 Å². The quantitative estimate of drug-likeness (QED) is 0.745. The molecule has 0 bridgehead atoms. The minimum absolute atomic E-state index is 0.252. The Morgan fingerprint density at radius 3 is 2.76 bits per heavy atom. The van der Waals surface area contributed by atoms with Crippen molar-refractivity contribution in [2.75, 3.05) is 5.75 Å². The van der Waals surface area contributed by atoms with Gasteiger partial charge in [-0.05, 0) is 31.7 Å². The molecule has 0 aromatic carbocycles. The van der Waals surface area contributed by atoms with Crippen molar-refractivity contribution in [3.8, 4) is 0 Å². The molecule has 6 heteroatoms. The van der Waals surface area contributed by atoms with Gasteiger partial charge >= 0.3 is 0 Å². The molecule has 0 saturated heterocycles. The van der Waals surface area contributed by atoms with Crippen LogP contribution in [0.15, 0.2) is 11.1 Å². The number of aromatic nitrogens is 2. The molecule has 1 amide bonds. The van der Waals surface area contributed by atoms with Gasteiger partial charge in [-0.1, -0.05) is 0 Å². The van der Waals surface area contributed by atoms with Gasteiger partial charge in [-0.2, -0.15) is 5.10 Å². The van der Waals surface area contributed by atoms with E-state index in [9.17, 15) is 4.79 Å². The lowest BCUT2D eigenvalue weighted by molar-refractivity contribution is -0.123. The van der Waals surface area contributed by atoms with E-state index in [0.29, 0.717) is 5.75 Å². The summed E-state index contributed by atoms with van der Waals surface area (Å²) in [6.45, 7) is 1.94. The van der Waals surface area contributed by atoms with Crippen molar-refractivity contribution in [3.05, 3.63) is 11.8 Å². The predicted octanol–water partition coefficient (Wildman–Crippen LogP) is 0.413. The van der Waals surface area contributed by atoms with Gasteiger partial charge in [0.2, 0.25) is 5.91 Å². The first-order valence-electron chi connectivity index (χ1n) is 5.65. The minimum Gasteiger partial charge on any atom is -0.368 e. The fourth-order valence-electron chi connectivity index (χ4n) is 1.90. The SMILES string of the molecule is Cc1cc(SCC(N)(C(N)=O)C2CC2)n(C)n1. The number of carbonyl (C=O) groups is 1. The number of thioether (sulfide) groups is 1. The number of rotatable bonds is 5. The topological polar surface area (TPSA) is 86.9 Å². The van der Waals surface area contributed by atoms with Crippen molar-refractivity contribution < 1.29 is 4.79 Å². The number of primary amides is 1. The molecule has 0 spiro atoms. The van der Waals surface area contributed by atoms with Crippen LogP contribution in [0.5, 0.6) is 0 Å². The molecule has 1 saturated carbocycles. The zero-order valence-electron chi connectivity index (χ0n) is 10.1. The second kappa shape index (κ2) is 4.34. The van der Waals surface area contributed by atoms with E-state index >= 15 is 0 Å². The summed E-state index contributed by atoms with van der Waals surface area (Å²) in [6.07, 6.45) is 2.01. The first-order chi connectivity index (χ1) is 7.93. The Bertz CT molecular complexity index is 441. The molecular formula is C11H18N4OS. The molecule has 0 aliphatic heterocycles. The Morgan fingerprint density at radius 2 is 2.35 bits per heavy atom. The van der Waals surface area contributed by atoms with E-state index < -0.39 is 11.4 Å². The molecule has 1 heterocycles. The summed E-state index contributed by atoms with van der Waals surface area (Å²) < 4.78 is 1.80. The summed E-state index contributed by atoms with van der Waals surface area (Å²) in [5, 5.41) is 5.27. The molecule has 2 rings (SSSR count). The maximum Gasteiger partial charge on any atom is 0.238 e. The summed E-state index contributed by atoms with van der Waals surface area (Å²) in [5.74, 6) is 0.375. The number of nitrogens with two attached hydrogens (primary N) is 2. The van der Waals surface area contributed by atoms with Gasteiger partial charge in [-0.25, -0.2) is 0 Å². The van der Waals surface area contributed by atoms with Gasteiger partial charge in [0.15, 0.2) is 0 Å². The normalized spacial score (nSPS) is 19.0. The van der Waals surface area contributed by atoms with E-state index in [1.54, 1.807) is 16.4 Å². The first kappa shape index (κ1) is 12.4. The number of amides is 1. The molecule has 4 N–H and O–H groups in total. The maximum absolute atomic E-state index is 11.5. The van der Waals surface area contributed by atoms with Crippen molar-refractivity contribution in [1.82, 2.24) is 9.78 Å². The average molecular weight is 254 g/mol. The van der Waals surface area contributed by atoms with Gasteiger partial charge in [0, 0.05) is 12.8 Å². The second-order valence-corrected chi connectivity index (χ2v) is 5.71. The molecule has 94 valence electrons. The molecule has 1 aromatic rings. The van der Waals surface area contributed by atoms with Crippen LogP contribution in [0.1, 0.15) is 18.5 Å². The molecule has 17 heavy (non-hydrogen) atoms. The molecule has 1 unspecified atom stereocenters. The third-order valence-electron chi connectivity index (χ3n) is 3.18. The van der Waals surface area contributed by atoms with Gasteiger partial charge in [-0.3, -0.25) is 9.48 Å². The van der Waals surface area contributed by atoms with Crippen LogP contribution in [0.2, 0.25) is 0 Å². The maximum atomic E-state index is 11.5. The minimum atomic E-state index is -0.872. The molecule has 1 aliphatic carbocycles. The summed E-state index contributed by atoms with van der Waals surface area (Å²) >= 11 is 1.55. The zero-order chi connectivity index (χ0) is 12.6. The van der Waals surface area contributed by atoms with Crippen LogP contribution < -0.4 is 11.5 Å². The lowest BCUT2D eigenvalue weighted by Crippen LogP contribution is -2.56. The summed E-state index contributed by atoms with van der Waals surface area (Å²) in [4.78, 5) is 11.5. The van der Waals surface area contributed by atoms with Gasteiger partial charge in [0.1, 0.15) is 5.54 Å². The highest BCUT2D eigenvalue weighted by Crippen LogP contribution is 2.40. The van der Waals surface area contributed by atoms with Crippen LogP contribution in [-0.4, -0.2) is 27.0 Å². The molecular weight excluding hydrogens is 236 g/mol. The number of hydrogen-bond acceptors (Lipinski definition) is 4. The van der Waals surface area contributed by atoms with Crippen LogP contribution in [0.4, 0.5) is 0 Å². The van der Waals surface area contributed by atoms with Crippen molar-refractivity contribution in [2.45, 2.75) is 30.3 Å². The molecule has 1 aliphatic rings. The van der Waals surface area contributed by atoms with E-state index in [1.807, 2.05) is 20.0 Å². The Kier molecular flexibility index (Phi) is 3.18. The Balaban J connectivity index is 2.05. The molecule has 0 radical (unpaired) electrons. The lowest BCUT2D eigenvalue weighted by atomic mass is 9.96. The van der Waals surface area contributed by atoms with Gasteiger partial charge in [0.05, 0.1) is 10.7 Å². The van der Waals surface area contributed by atoms with Crippen LogP contribution >= 0.6 is 11.8 Å². The van der Waals surface area contributed by atoms with E-state index in [4.69, 9.17) is 11.5 Å². The molecule has 1 atom stereocenters. The average Bonchev–Trinajstić information content (AvgIpc) is 3.02. The first-order valence-corrected chi connectivity index (χ1v) is 6.64. The van der Waals surface area contributed by atoms with Gasteiger partial charge < -0.3 is 11.5 Å². The van der Waals surface area contributed by atoms with Crippen LogP contribution in [0.3, 0.4) is 0 Å². The number of hydrogen-bond donors (Lipinski definition) is 2. The third kappa shape index (κ3) is 2.47. The summed E-state index contributed by atoms with van der Waals surface area (Å²) in [5.41, 5.74) is 11.6. The van der Waals surface area contributed by atoms with E-state index in [0.717, 1.165) is 23.6 Å². The van der Waals surface area contributed by atoms with Crippen molar-refractivity contribution >= 4 is 17.7 Å². The Labute approximate surface area is 105 Å². The highest BCUT2D eigenvalue weighted by Gasteiger charge is 2.46. The van der Waals surface area contributed by atoms with Crippen LogP contribution in [0, 0.1) is 12.8 Å². The highest BCUT2D eigenvalue weighted by molar-refractivity contribution is 7.99. The van der Waals surface area contributed by atoms with E-state index in [-0.39, 0.29) is 5.92 Å². The molecule has 1 fully saturated rings. The van der Waals surface area contributed by atoms with E-state index in [2.05, 4.69) is 5.10 Å². The Morgan fingerprint density at radius 1 is 1.71 bits per heavy atom. The summed E-state index contributed by atoms with van der Waals surface area (Å²) in [7, 11) is 1.88. The monoisotopic (exact) mass is 254 g/mol. The largest absolute Gasteiger partial charge is 0.368 e. The zero-order valence-corrected chi connectivity index (χ0v) is 11.0.